The third-order valence-corrected chi connectivity index (χ3v) is 4.61. The number of halogens is 3. The molecular weight excluding hydrogens is 457 g/mol. The van der Waals surface area contributed by atoms with Crippen LogP contribution in [0.2, 0.25) is 0 Å². The standard InChI is InChI=1S/C18H18Br2FNO3/c1-2-6-22-15-5-3-4-12(17(15)21)10-25-18-13(19)7-11(8-14(18)20)9-16(23)24/h3-5,7-8,22H,2,6,9-10H2,1H3,(H,23,24). The van der Waals surface area contributed by atoms with Crippen LogP contribution in [0.25, 0.3) is 0 Å². The monoisotopic (exact) mass is 473 g/mol. The van der Waals surface area contributed by atoms with Gasteiger partial charge in [0.2, 0.25) is 0 Å². The lowest BCUT2D eigenvalue weighted by Crippen LogP contribution is -2.06. The Morgan fingerprint density at radius 1 is 1.28 bits per heavy atom. The summed E-state index contributed by atoms with van der Waals surface area (Å²) in [6, 6.07) is 8.52. The van der Waals surface area contributed by atoms with Gasteiger partial charge in [0.25, 0.3) is 0 Å². The maximum atomic E-state index is 14.5. The molecule has 0 radical (unpaired) electrons. The molecule has 0 saturated carbocycles. The summed E-state index contributed by atoms with van der Waals surface area (Å²) in [4.78, 5) is 10.8. The van der Waals surface area contributed by atoms with Crippen molar-refractivity contribution in [1.82, 2.24) is 0 Å². The molecule has 0 aliphatic rings. The number of nitrogens with one attached hydrogen (secondary N) is 1. The van der Waals surface area contributed by atoms with E-state index in [2.05, 4.69) is 37.2 Å². The molecule has 2 rings (SSSR count). The van der Waals surface area contributed by atoms with Gasteiger partial charge in [0.15, 0.2) is 5.82 Å². The van der Waals surface area contributed by atoms with Crippen LogP contribution in [-0.2, 0) is 17.8 Å². The zero-order chi connectivity index (χ0) is 18.4. The third-order valence-electron chi connectivity index (χ3n) is 3.43. The predicted molar refractivity (Wildman–Crippen MR) is 103 cm³/mol. The SMILES string of the molecule is CCCNc1cccc(COc2c(Br)cc(CC(=O)O)cc2Br)c1F. The lowest BCUT2D eigenvalue weighted by Gasteiger charge is -2.14. The van der Waals surface area contributed by atoms with Gasteiger partial charge in [0.1, 0.15) is 12.4 Å². The molecule has 0 saturated heterocycles. The van der Waals surface area contributed by atoms with Crippen LogP contribution in [0.4, 0.5) is 10.1 Å². The molecule has 0 spiro atoms. The number of carbonyl (C=O) groups is 1. The van der Waals surface area contributed by atoms with E-state index in [4.69, 9.17) is 9.84 Å². The second kappa shape index (κ2) is 9.20. The summed E-state index contributed by atoms with van der Waals surface area (Å²) >= 11 is 6.75. The van der Waals surface area contributed by atoms with Gasteiger partial charge >= 0.3 is 5.97 Å². The molecule has 0 aromatic heterocycles. The van der Waals surface area contributed by atoms with Crippen molar-refractivity contribution in [3.8, 4) is 5.75 Å². The molecule has 0 heterocycles. The van der Waals surface area contributed by atoms with E-state index in [-0.39, 0.29) is 18.8 Å². The molecular formula is C18H18Br2FNO3. The molecule has 4 nitrogen and oxygen atoms in total. The highest BCUT2D eigenvalue weighted by Gasteiger charge is 2.13. The van der Waals surface area contributed by atoms with E-state index in [1.807, 2.05) is 6.92 Å². The fraction of sp³-hybridized carbons (Fsp3) is 0.278. The molecule has 0 aliphatic carbocycles. The van der Waals surface area contributed by atoms with Crippen molar-refractivity contribution in [2.24, 2.45) is 0 Å². The van der Waals surface area contributed by atoms with Crippen molar-refractivity contribution in [2.75, 3.05) is 11.9 Å². The number of rotatable bonds is 8. The molecule has 134 valence electrons. The van der Waals surface area contributed by atoms with Gasteiger partial charge in [-0.2, -0.15) is 0 Å². The normalized spacial score (nSPS) is 10.6. The second-order valence-corrected chi connectivity index (χ2v) is 7.16. The Balaban J connectivity index is 2.15. The topological polar surface area (TPSA) is 58.6 Å². The van der Waals surface area contributed by atoms with Crippen LogP contribution < -0.4 is 10.1 Å². The van der Waals surface area contributed by atoms with Crippen LogP contribution in [0.15, 0.2) is 39.3 Å². The highest BCUT2D eigenvalue weighted by molar-refractivity contribution is 9.11. The Bertz CT molecular complexity index is 745. The highest BCUT2D eigenvalue weighted by atomic mass is 79.9. The zero-order valence-electron chi connectivity index (χ0n) is 13.6. The fourth-order valence-corrected chi connectivity index (χ4v) is 3.77. The number of benzene rings is 2. The van der Waals surface area contributed by atoms with E-state index < -0.39 is 5.97 Å². The molecule has 0 aliphatic heterocycles. The number of anilines is 1. The highest BCUT2D eigenvalue weighted by Crippen LogP contribution is 2.35. The Hall–Kier alpha value is -1.60. The van der Waals surface area contributed by atoms with Crippen molar-refractivity contribution in [1.29, 1.82) is 0 Å². The van der Waals surface area contributed by atoms with E-state index in [0.29, 0.717) is 38.1 Å². The van der Waals surface area contributed by atoms with E-state index in [1.165, 1.54) is 0 Å². The van der Waals surface area contributed by atoms with Crippen LogP contribution in [0.1, 0.15) is 24.5 Å². The third kappa shape index (κ3) is 5.44. The van der Waals surface area contributed by atoms with Gasteiger partial charge in [-0.15, -0.1) is 0 Å². The summed E-state index contributed by atoms with van der Waals surface area (Å²) in [6.07, 6.45) is 0.819. The molecule has 2 aromatic rings. The Morgan fingerprint density at radius 2 is 1.96 bits per heavy atom. The molecule has 0 bridgehead atoms. The summed E-state index contributed by atoms with van der Waals surface area (Å²) < 4.78 is 21.4. The molecule has 25 heavy (non-hydrogen) atoms. The van der Waals surface area contributed by atoms with E-state index in [9.17, 15) is 9.18 Å². The average molecular weight is 475 g/mol. The minimum atomic E-state index is -0.911. The largest absolute Gasteiger partial charge is 0.486 e. The van der Waals surface area contributed by atoms with Gasteiger partial charge < -0.3 is 15.2 Å². The predicted octanol–water partition coefficient (Wildman–Crippen LogP) is 5.38. The minimum Gasteiger partial charge on any atom is -0.486 e. The fourth-order valence-electron chi connectivity index (χ4n) is 2.26. The molecule has 0 atom stereocenters. The van der Waals surface area contributed by atoms with E-state index >= 15 is 0 Å². The van der Waals surface area contributed by atoms with Gasteiger partial charge in [-0.1, -0.05) is 19.1 Å². The first-order valence-electron chi connectivity index (χ1n) is 7.76. The molecule has 7 heteroatoms. The van der Waals surface area contributed by atoms with E-state index in [0.717, 1.165) is 6.42 Å². The van der Waals surface area contributed by atoms with Gasteiger partial charge in [0, 0.05) is 12.1 Å². The first-order chi connectivity index (χ1) is 11.9. The number of hydrogen-bond donors (Lipinski definition) is 2. The molecule has 0 fully saturated rings. The van der Waals surface area contributed by atoms with Crippen LogP contribution in [0.5, 0.6) is 5.75 Å². The first-order valence-corrected chi connectivity index (χ1v) is 9.34. The van der Waals surface area contributed by atoms with Gasteiger partial charge in [-0.3, -0.25) is 4.79 Å². The summed E-state index contributed by atoms with van der Waals surface area (Å²) in [5.74, 6) is -0.739. The summed E-state index contributed by atoms with van der Waals surface area (Å²) in [5, 5.41) is 11.9. The van der Waals surface area contributed by atoms with Gasteiger partial charge in [-0.05, 0) is 62.0 Å². The number of ether oxygens (including phenoxy) is 1. The van der Waals surface area contributed by atoms with Crippen molar-refractivity contribution < 1.29 is 19.0 Å². The van der Waals surface area contributed by atoms with Crippen LogP contribution >= 0.6 is 31.9 Å². The molecule has 0 amide bonds. The minimum absolute atomic E-state index is 0.0585. The molecule has 2 N–H and O–H groups in total. The molecule has 2 aromatic carbocycles. The zero-order valence-corrected chi connectivity index (χ0v) is 16.8. The maximum Gasteiger partial charge on any atom is 0.307 e. The summed E-state index contributed by atoms with van der Waals surface area (Å²) in [5.41, 5.74) is 1.53. The number of carboxylic acid groups (broad SMARTS) is 1. The van der Waals surface area contributed by atoms with Gasteiger partial charge in [-0.25, -0.2) is 4.39 Å². The van der Waals surface area contributed by atoms with Gasteiger partial charge in [0.05, 0.1) is 21.1 Å². The molecule has 0 unspecified atom stereocenters. The Kier molecular flexibility index (Phi) is 7.25. The van der Waals surface area contributed by atoms with Crippen molar-refractivity contribution in [2.45, 2.75) is 26.4 Å². The average Bonchev–Trinajstić information content (AvgIpc) is 2.53. The van der Waals surface area contributed by atoms with Crippen LogP contribution in [0.3, 0.4) is 0 Å². The maximum absolute atomic E-state index is 14.5. The second-order valence-electron chi connectivity index (χ2n) is 5.45. The van der Waals surface area contributed by atoms with Crippen molar-refractivity contribution in [3.63, 3.8) is 0 Å². The number of carboxylic acids is 1. The van der Waals surface area contributed by atoms with Crippen LogP contribution in [-0.4, -0.2) is 17.6 Å². The number of hydrogen-bond acceptors (Lipinski definition) is 3. The lowest BCUT2D eigenvalue weighted by molar-refractivity contribution is -0.136. The summed E-state index contributed by atoms with van der Waals surface area (Å²) in [7, 11) is 0. The smallest absolute Gasteiger partial charge is 0.307 e. The van der Waals surface area contributed by atoms with Crippen molar-refractivity contribution >= 4 is 43.5 Å². The quantitative estimate of drug-likeness (QED) is 0.539. The number of aliphatic carboxylic acids is 1. The Morgan fingerprint density at radius 3 is 2.56 bits per heavy atom. The summed E-state index contributed by atoms with van der Waals surface area (Å²) in [6.45, 7) is 2.77. The first kappa shape index (κ1) is 19.7. The van der Waals surface area contributed by atoms with E-state index in [1.54, 1.807) is 30.3 Å². The lowest BCUT2D eigenvalue weighted by atomic mass is 10.1. The van der Waals surface area contributed by atoms with Crippen LogP contribution in [0, 0.1) is 5.82 Å². The Labute approximate surface area is 162 Å². The van der Waals surface area contributed by atoms with Crippen molar-refractivity contribution in [3.05, 3.63) is 56.2 Å².